The lowest BCUT2D eigenvalue weighted by atomic mass is 10.2. The summed E-state index contributed by atoms with van der Waals surface area (Å²) >= 11 is 0. The first-order valence-corrected chi connectivity index (χ1v) is 8.41. The van der Waals surface area contributed by atoms with Crippen LogP contribution in [-0.4, -0.2) is 31.3 Å². The minimum Gasteiger partial charge on any atom is -0.493 e. The van der Waals surface area contributed by atoms with Crippen LogP contribution in [0.15, 0.2) is 54.7 Å². The maximum Gasteiger partial charge on any atom is 0.224 e. The summed E-state index contributed by atoms with van der Waals surface area (Å²) in [6.07, 6.45) is 1.70. The van der Waals surface area contributed by atoms with E-state index < -0.39 is 0 Å². The third-order valence-corrected chi connectivity index (χ3v) is 3.89. The van der Waals surface area contributed by atoms with Crippen LogP contribution in [0.25, 0.3) is 0 Å². The molecule has 2 aromatic carbocycles. The highest BCUT2D eigenvalue weighted by Gasteiger charge is 2.13. The fourth-order valence-corrected chi connectivity index (χ4v) is 2.59. The lowest BCUT2D eigenvalue weighted by molar-refractivity contribution is 0.324. The Labute approximate surface area is 158 Å². The van der Waals surface area contributed by atoms with E-state index in [2.05, 4.69) is 20.6 Å². The zero-order chi connectivity index (χ0) is 19.1. The Morgan fingerprint density at radius 2 is 1.59 bits per heavy atom. The molecule has 1 aromatic heterocycles. The standard InChI is InChI=1S/C20H22N4O3/c1-25-16-11-15(12-17(26-2)19(16)27-3)23-18-9-10-21-20(24-18)22-13-14-7-5-4-6-8-14/h4-12H,13H2,1-3H3,(H2,21,22,23,24). The second kappa shape index (κ2) is 8.75. The van der Waals surface area contributed by atoms with Crippen molar-refractivity contribution < 1.29 is 14.2 Å². The lowest BCUT2D eigenvalue weighted by Crippen LogP contribution is -2.05. The summed E-state index contributed by atoms with van der Waals surface area (Å²) in [7, 11) is 4.73. The largest absolute Gasteiger partial charge is 0.493 e. The molecule has 0 bridgehead atoms. The number of nitrogens with zero attached hydrogens (tertiary/aromatic N) is 2. The molecular weight excluding hydrogens is 344 g/mol. The van der Waals surface area contributed by atoms with Gasteiger partial charge in [-0.2, -0.15) is 4.98 Å². The van der Waals surface area contributed by atoms with E-state index in [-0.39, 0.29) is 0 Å². The van der Waals surface area contributed by atoms with Crippen molar-refractivity contribution >= 4 is 17.5 Å². The van der Waals surface area contributed by atoms with Crippen LogP contribution < -0.4 is 24.8 Å². The van der Waals surface area contributed by atoms with Crippen molar-refractivity contribution in [3.8, 4) is 17.2 Å². The zero-order valence-electron chi connectivity index (χ0n) is 15.5. The Hall–Kier alpha value is -3.48. The van der Waals surface area contributed by atoms with Gasteiger partial charge in [0.15, 0.2) is 11.5 Å². The number of hydrogen-bond donors (Lipinski definition) is 2. The minimum absolute atomic E-state index is 0.538. The smallest absolute Gasteiger partial charge is 0.224 e. The van der Waals surface area contributed by atoms with Gasteiger partial charge in [-0.3, -0.25) is 0 Å². The molecule has 0 saturated heterocycles. The summed E-state index contributed by atoms with van der Waals surface area (Å²) in [6, 6.07) is 15.5. The minimum atomic E-state index is 0.538. The molecule has 0 aliphatic heterocycles. The van der Waals surface area contributed by atoms with Crippen LogP contribution in [0.2, 0.25) is 0 Å². The van der Waals surface area contributed by atoms with Crippen LogP contribution >= 0.6 is 0 Å². The van der Waals surface area contributed by atoms with Gasteiger partial charge in [-0.25, -0.2) is 4.98 Å². The SMILES string of the molecule is COc1cc(Nc2ccnc(NCc3ccccc3)n2)cc(OC)c1OC. The van der Waals surface area contributed by atoms with Crippen LogP contribution in [0.4, 0.5) is 17.5 Å². The molecule has 140 valence electrons. The summed E-state index contributed by atoms with van der Waals surface area (Å²) in [5.41, 5.74) is 1.92. The van der Waals surface area contributed by atoms with E-state index in [9.17, 15) is 0 Å². The molecule has 27 heavy (non-hydrogen) atoms. The van der Waals surface area contributed by atoms with Crippen LogP contribution in [0, 0.1) is 0 Å². The molecule has 7 nitrogen and oxygen atoms in total. The van der Waals surface area contributed by atoms with Gasteiger partial charge in [0, 0.05) is 30.6 Å². The van der Waals surface area contributed by atoms with Gasteiger partial charge < -0.3 is 24.8 Å². The molecule has 3 aromatic rings. The highest BCUT2D eigenvalue weighted by Crippen LogP contribution is 2.40. The number of ether oxygens (including phenoxy) is 3. The predicted molar refractivity (Wildman–Crippen MR) is 105 cm³/mol. The van der Waals surface area contributed by atoms with Gasteiger partial charge in [0.2, 0.25) is 11.7 Å². The Morgan fingerprint density at radius 1 is 0.889 bits per heavy atom. The van der Waals surface area contributed by atoms with E-state index >= 15 is 0 Å². The average Bonchev–Trinajstić information content (AvgIpc) is 2.72. The average molecular weight is 366 g/mol. The van der Waals surface area contributed by atoms with E-state index in [4.69, 9.17) is 14.2 Å². The Kier molecular flexibility index (Phi) is 5.94. The zero-order valence-corrected chi connectivity index (χ0v) is 15.5. The molecule has 2 N–H and O–H groups in total. The molecule has 0 radical (unpaired) electrons. The van der Waals surface area contributed by atoms with Gasteiger partial charge >= 0.3 is 0 Å². The lowest BCUT2D eigenvalue weighted by Gasteiger charge is -2.15. The Bertz CT molecular complexity index is 862. The predicted octanol–water partition coefficient (Wildman–Crippen LogP) is 3.86. The van der Waals surface area contributed by atoms with Crippen molar-refractivity contribution in [1.29, 1.82) is 0 Å². The number of aromatic nitrogens is 2. The van der Waals surface area contributed by atoms with Crippen molar-refractivity contribution in [2.24, 2.45) is 0 Å². The number of anilines is 3. The normalized spacial score (nSPS) is 10.2. The van der Waals surface area contributed by atoms with E-state index in [1.165, 1.54) is 0 Å². The van der Waals surface area contributed by atoms with Gasteiger partial charge in [0.25, 0.3) is 0 Å². The van der Waals surface area contributed by atoms with Crippen molar-refractivity contribution in [3.05, 3.63) is 60.3 Å². The van der Waals surface area contributed by atoms with Gasteiger partial charge in [-0.05, 0) is 11.6 Å². The van der Waals surface area contributed by atoms with Gasteiger partial charge in [-0.1, -0.05) is 30.3 Å². The topological polar surface area (TPSA) is 77.5 Å². The fraction of sp³-hybridized carbons (Fsp3) is 0.200. The van der Waals surface area contributed by atoms with E-state index in [0.29, 0.717) is 35.6 Å². The highest BCUT2D eigenvalue weighted by atomic mass is 16.5. The second-order valence-electron chi connectivity index (χ2n) is 5.64. The van der Waals surface area contributed by atoms with Gasteiger partial charge in [-0.15, -0.1) is 0 Å². The second-order valence-corrected chi connectivity index (χ2v) is 5.64. The third-order valence-electron chi connectivity index (χ3n) is 3.89. The Balaban J connectivity index is 1.76. The first-order valence-electron chi connectivity index (χ1n) is 8.41. The maximum atomic E-state index is 5.38. The van der Waals surface area contributed by atoms with E-state index in [0.717, 1.165) is 11.3 Å². The van der Waals surface area contributed by atoms with Crippen molar-refractivity contribution in [3.63, 3.8) is 0 Å². The van der Waals surface area contributed by atoms with Crippen molar-refractivity contribution in [1.82, 2.24) is 9.97 Å². The highest BCUT2D eigenvalue weighted by molar-refractivity contribution is 5.66. The number of hydrogen-bond acceptors (Lipinski definition) is 7. The van der Waals surface area contributed by atoms with Crippen molar-refractivity contribution in [2.75, 3.05) is 32.0 Å². The summed E-state index contributed by atoms with van der Waals surface area (Å²) in [5, 5.41) is 6.46. The summed E-state index contributed by atoms with van der Waals surface area (Å²) in [6.45, 7) is 0.647. The molecule has 7 heteroatoms. The van der Waals surface area contributed by atoms with Crippen LogP contribution in [0.1, 0.15) is 5.56 Å². The van der Waals surface area contributed by atoms with Crippen LogP contribution in [-0.2, 0) is 6.54 Å². The molecule has 0 saturated carbocycles. The van der Waals surface area contributed by atoms with E-state index in [1.54, 1.807) is 33.6 Å². The summed E-state index contributed by atoms with van der Waals surface area (Å²) < 4.78 is 16.1. The summed E-state index contributed by atoms with van der Waals surface area (Å²) in [5.74, 6) is 2.86. The van der Waals surface area contributed by atoms with Crippen LogP contribution in [0.3, 0.4) is 0 Å². The molecule has 0 aliphatic rings. The molecule has 0 aliphatic carbocycles. The van der Waals surface area contributed by atoms with E-state index in [1.807, 2.05) is 42.5 Å². The molecule has 1 heterocycles. The monoisotopic (exact) mass is 366 g/mol. The molecule has 0 amide bonds. The first kappa shape index (κ1) is 18.3. The Morgan fingerprint density at radius 3 is 2.22 bits per heavy atom. The summed E-state index contributed by atoms with van der Waals surface area (Å²) in [4.78, 5) is 8.75. The quantitative estimate of drug-likeness (QED) is 0.627. The first-order chi connectivity index (χ1) is 13.2. The molecule has 0 fully saturated rings. The molecule has 0 unspecified atom stereocenters. The number of nitrogens with one attached hydrogen (secondary N) is 2. The molecular formula is C20H22N4O3. The maximum absolute atomic E-state index is 5.38. The fourth-order valence-electron chi connectivity index (χ4n) is 2.59. The molecule has 3 rings (SSSR count). The molecule has 0 spiro atoms. The van der Waals surface area contributed by atoms with Gasteiger partial charge in [0.05, 0.1) is 21.3 Å². The van der Waals surface area contributed by atoms with Crippen molar-refractivity contribution in [2.45, 2.75) is 6.54 Å². The number of methoxy groups -OCH3 is 3. The third kappa shape index (κ3) is 4.58. The van der Waals surface area contributed by atoms with Gasteiger partial charge in [0.1, 0.15) is 5.82 Å². The van der Waals surface area contributed by atoms with Crippen LogP contribution in [0.5, 0.6) is 17.2 Å². The number of rotatable bonds is 8. The molecule has 0 atom stereocenters. The number of benzene rings is 2.